The van der Waals surface area contributed by atoms with Gasteiger partial charge in [-0.1, -0.05) is 0 Å². The van der Waals surface area contributed by atoms with Crippen LogP contribution in [0, 0.1) is 18.3 Å². The van der Waals surface area contributed by atoms with Crippen LogP contribution in [0.15, 0.2) is 5.11 Å². The number of rotatable bonds is 1. The van der Waals surface area contributed by atoms with E-state index in [4.69, 9.17) is 10.8 Å². The summed E-state index contributed by atoms with van der Waals surface area (Å²) >= 11 is 0. The van der Waals surface area contributed by atoms with Gasteiger partial charge < -0.3 is 0 Å². The normalized spacial score (nSPS) is 8.75. The zero-order chi connectivity index (χ0) is 9.14. The number of nitriles is 1. The summed E-state index contributed by atoms with van der Waals surface area (Å²) in [5.74, 6) is 0.262. The van der Waals surface area contributed by atoms with E-state index in [1.54, 1.807) is 14.0 Å². The summed E-state index contributed by atoms with van der Waals surface area (Å²) in [5, 5.41) is 15.9. The maximum atomic E-state index is 8.65. The van der Waals surface area contributed by atoms with Gasteiger partial charge in [-0.3, -0.25) is 4.68 Å². The van der Waals surface area contributed by atoms with Crippen molar-refractivity contribution in [1.29, 1.82) is 5.26 Å². The Morgan fingerprint density at radius 3 is 2.92 bits per heavy atom. The maximum absolute atomic E-state index is 8.65. The maximum Gasteiger partial charge on any atom is 0.142 e. The van der Waals surface area contributed by atoms with Gasteiger partial charge in [0.25, 0.3) is 0 Å². The molecule has 0 aliphatic carbocycles. The molecule has 0 atom stereocenters. The second-order valence-electron chi connectivity index (χ2n) is 2.21. The molecule has 0 aliphatic rings. The van der Waals surface area contributed by atoms with Gasteiger partial charge in [-0.05, 0) is 17.6 Å². The highest BCUT2D eigenvalue weighted by molar-refractivity contribution is 5.50. The van der Waals surface area contributed by atoms with E-state index in [1.807, 2.05) is 6.07 Å². The lowest BCUT2D eigenvalue weighted by Gasteiger charge is -1.89. The average Bonchev–Trinajstić information content (AvgIpc) is 2.28. The molecule has 0 aromatic carbocycles. The van der Waals surface area contributed by atoms with E-state index >= 15 is 0 Å². The van der Waals surface area contributed by atoms with E-state index in [2.05, 4.69) is 15.1 Å². The number of aryl methyl sites for hydroxylation is 2. The van der Waals surface area contributed by atoms with Crippen LogP contribution < -0.4 is 0 Å². The summed E-state index contributed by atoms with van der Waals surface area (Å²) in [6.45, 7) is 1.69. The number of hydrogen-bond acceptors (Lipinski definition) is 3. The van der Waals surface area contributed by atoms with Crippen LogP contribution in [-0.4, -0.2) is 9.78 Å². The molecule has 6 heteroatoms. The number of nitrogens with zero attached hydrogens (tertiary/aromatic N) is 6. The zero-order valence-corrected chi connectivity index (χ0v) is 6.68. The summed E-state index contributed by atoms with van der Waals surface area (Å²) < 4.78 is 1.38. The van der Waals surface area contributed by atoms with E-state index < -0.39 is 0 Å². The predicted octanol–water partition coefficient (Wildman–Crippen LogP) is 1.54. The van der Waals surface area contributed by atoms with Crippen molar-refractivity contribution in [2.45, 2.75) is 6.92 Å². The van der Waals surface area contributed by atoms with E-state index in [9.17, 15) is 0 Å². The third-order valence-electron chi connectivity index (χ3n) is 1.44. The molecule has 0 saturated carbocycles. The summed E-state index contributed by atoms with van der Waals surface area (Å²) in [7, 11) is 1.62. The molecular formula is C6H6N6. The minimum Gasteiger partial charge on any atom is -0.265 e. The Morgan fingerprint density at radius 2 is 2.42 bits per heavy atom. The minimum atomic E-state index is 0.262. The molecule has 0 amide bonds. The number of azide groups is 1. The third-order valence-corrected chi connectivity index (χ3v) is 1.44. The Labute approximate surface area is 68.7 Å². The third kappa shape index (κ3) is 1.09. The van der Waals surface area contributed by atoms with Crippen LogP contribution in [-0.2, 0) is 7.05 Å². The molecule has 12 heavy (non-hydrogen) atoms. The van der Waals surface area contributed by atoms with Crippen molar-refractivity contribution in [2.75, 3.05) is 0 Å². The van der Waals surface area contributed by atoms with E-state index in [0.717, 1.165) is 0 Å². The van der Waals surface area contributed by atoms with Crippen molar-refractivity contribution in [3.63, 3.8) is 0 Å². The fraction of sp³-hybridized carbons (Fsp3) is 0.333. The molecule has 1 aromatic heterocycles. The summed E-state index contributed by atoms with van der Waals surface area (Å²) in [4.78, 5) is 2.60. The van der Waals surface area contributed by atoms with Gasteiger partial charge in [0.2, 0.25) is 0 Å². The smallest absolute Gasteiger partial charge is 0.142 e. The highest BCUT2D eigenvalue weighted by Crippen LogP contribution is 2.20. The Hall–Kier alpha value is -1.99. The molecule has 6 nitrogen and oxygen atoms in total. The quantitative estimate of drug-likeness (QED) is 0.356. The SMILES string of the molecule is Cc1nn(C)c(N=[N+]=[N-])c1C#N. The molecule has 60 valence electrons. The van der Waals surface area contributed by atoms with Gasteiger partial charge >= 0.3 is 0 Å². The highest BCUT2D eigenvalue weighted by Gasteiger charge is 2.09. The molecule has 0 fully saturated rings. The topological polar surface area (TPSA) is 90.4 Å². The van der Waals surface area contributed by atoms with Gasteiger partial charge in [0.1, 0.15) is 17.5 Å². The standard InChI is InChI=1S/C6H6N6/c1-4-5(3-7)6(9-11-8)12(2)10-4/h1-2H3. The molecule has 0 aliphatic heterocycles. The zero-order valence-electron chi connectivity index (χ0n) is 6.68. The van der Waals surface area contributed by atoms with Gasteiger partial charge in [0, 0.05) is 12.0 Å². The van der Waals surface area contributed by atoms with Crippen LogP contribution >= 0.6 is 0 Å². The molecule has 0 bridgehead atoms. The summed E-state index contributed by atoms with van der Waals surface area (Å²) in [6, 6.07) is 1.92. The van der Waals surface area contributed by atoms with Gasteiger partial charge in [-0.2, -0.15) is 10.4 Å². The van der Waals surface area contributed by atoms with Crippen LogP contribution in [0.5, 0.6) is 0 Å². The second-order valence-corrected chi connectivity index (χ2v) is 2.21. The van der Waals surface area contributed by atoms with Crippen molar-refractivity contribution in [2.24, 2.45) is 12.2 Å². The average molecular weight is 162 g/mol. The number of aromatic nitrogens is 2. The van der Waals surface area contributed by atoms with Crippen LogP contribution in [0.4, 0.5) is 5.82 Å². The molecule has 0 radical (unpaired) electrons. The van der Waals surface area contributed by atoms with Gasteiger partial charge in [-0.25, -0.2) is 0 Å². The molecule has 0 N–H and O–H groups in total. The van der Waals surface area contributed by atoms with Crippen LogP contribution in [0.3, 0.4) is 0 Å². The van der Waals surface area contributed by atoms with E-state index in [1.165, 1.54) is 4.68 Å². The Bertz CT molecular complexity index is 389. The van der Waals surface area contributed by atoms with Gasteiger partial charge in [-0.15, -0.1) is 0 Å². The lowest BCUT2D eigenvalue weighted by molar-refractivity contribution is 0.758. The molecule has 1 aromatic rings. The lowest BCUT2D eigenvalue weighted by Crippen LogP contribution is -1.88. The molecular weight excluding hydrogens is 156 g/mol. The summed E-state index contributed by atoms with van der Waals surface area (Å²) in [6.07, 6.45) is 0. The highest BCUT2D eigenvalue weighted by atomic mass is 15.3. The number of hydrogen-bond donors (Lipinski definition) is 0. The predicted molar refractivity (Wildman–Crippen MR) is 41.5 cm³/mol. The van der Waals surface area contributed by atoms with Crippen molar-refractivity contribution in [3.8, 4) is 6.07 Å². The van der Waals surface area contributed by atoms with Crippen LogP contribution in [0.2, 0.25) is 0 Å². The van der Waals surface area contributed by atoms with Gasteiger partial charge in [0.05, 0.1) is 5.69 Å². The minimum absolute atomic E-state index is 0.262. The second kappa shape index (κ2) is 2.95. The van der Waals surface area contributed by atoms with Crippen molar-refractivity contribution >= 4 is 5.82 Å². The van der Waals surface area contributed by atoms with Gasteiger partial charge in [0.15, 0.2) is 0 Å². The van der Waals surface area contributed by atoms with Crippen molar-refractivity contribution in [3.05, 3.63) is 21.7 Å². The fourth-order valence-electron chi connectivity index (χ4n) is 0.934. The first-order chi connectivity index (χ1) is 5.70. The Balaban J connectivity index is 3.44. The molecule has 1 rings (SSSR count). The van der Waals surface area contributed by atoms with Crippen LogP contribution in [0.1, 0.15) is 11.3 Å². The largest absolute Gasteiger partial charge is 0.265 e. The van der Waals surface area contributed by atoms with Crippen molar-refractivity contribution < 1.29 is 0 Å². The van der Waals surface area contributed by atoms with E-state index in [0.29, 0.717) is 11.3 Å². The molecule has 0 unspecified atom stereocenters. The van der Waals surface area contributed by atoms with E-state index in [-0.39, 0.29) is 5.82 Å². The summed E-state index contributed by atoms with van der Waals surface area (Å²) in [5.41, 5.74) is 9.08. The first-order valence-corrected chi connectivity index (χ1v) is 3.19. The van der Waals surface area contributed by atoms with Crippen LogP contribution in [0.25, 0.3) is 10.4 Å². The lowest BCUT2D eigenvalue weighted by atomic mass is 10.3. The molecule has 0 saturated heterocycles. The fourth-order valence-corrected chi connectivity index (χ4v) is 0.934. The molecule has 1 heterocycles. The Kier molecular flexibility index (Phi) is 1.99. The first kappa shape index (κ1) is 8.11. The monoisotopic (exact) mass is 162 g/mol. The van der Waals surface area contributed by atoms with Crippen molar-refractivity contribution in [1.82, 2.24) is 9.78 Å². The first-order valence-electron chi connectivity index (χ1n) is 3.19. The molecule has 0 spiro atoms. The Morgan fingerprint density at radius 1 is 1.75 bits per heavy atom.